The van der Waals surface area contributed by atoms with Gasteiger partial charge < -0.3 is 19.9 Å². The van der Waals surface area contributed by atoms with Gasteiger partial charge in [0.1, 0.15) is 17.7 Å². The molecule has 0 fully saturated rings. The highest BCUT2D eigenvalue weighted by atomic mass is 127. The molecule has 0 radical (unpaired) electrons. The molecule has 8 nitrogen and oxygen atoms in total. The first-order chi connectivity index (χ1) is 12.5. The predicted octanol–water partition coefficient (Wildman–Crippen LogP) is 3.62. The molecular weight excluding hydrogens is 479 g/mol. The van der Waals surface area contributed by atoms with Crippen molar-refractivity contribution in [3.63, 3.8) is 0 Å². The normalized spacial score (nSPS) is 12.7. The summed E-state index contributed by atoms with van der Waals surface area (Å²) in [6, 6.07) is 0. The zero-order chi connectivity index (χ0) is 18.9. The molecule has 0 saturated heterocycles. The van der Waals surface area contributed by atoms with Crippen LogP contribution in [0.1, 0.15) is 69.1 Å². The Balaban J connectivity index is 0.00000364. The van der Waals surface area contributed by atoms with Crippen LogP contribution >= 0.6 is 35.3 Å². The molecule has 0 spiro atoms. The molecule has 0 aliphatic rings. The Morgan fingerprint density at radius 2 is 2.04 bits per heavy atom. The monoisotopic (exact) mass is 508 g/mol. The molecule has 0 bridgehead atoms. The summed E-state index contributed by atoms with van der Waals surface area (Å²) in [4.78, 5) is 13.4. The fraction of sp³-hybridized carbons (Fsp3) is 0.647. The second kappa shape index (κ2) is 12.2. The van der Waals surface area contributed by atoms with E-state index in [9.17, 15) is 0 Å². The molecule has 0 aromatic carbocycles. The molecule has 152 valence electrons. The number of nitrogens with one attached hydrogen (secondary N) is 2. The van der Waals surface area contributed by atoms with Crippen molar-refractivity contribution in [1.29, 1.82) is 0 Å². The van der Waals surface area contributed by atoms with E-state index in [0.29, 0.717) is 43.3 Å². The Labute approximate surface area is 181 Å². The van der Waals surface area contributed by atoms with Gasteiger partial charge in [0.15, 0.2) is 11.8 Å². The van der Waals surface area contributed by atoms with Gasteiger partial charge in [-0.05, 0) is 26.7 Å². The van der Waals surface area contributed by atoms with Gasteiger partial charge in [-0.2, -0.15) is 4.98 Å². The van der Waals surface area contributed by atoms with Gasteiger partial charge in [-0.1, -0.05) is 19.0 Å². The fourth-order valence-corrected chi connectivity index (χ4v) is 3.04. The Bertz CT molecular complexity index is 703. The minimum Gasteiger partial charge on any atom is -0.371 e. The van der Waals surface area contributed by atoms with E-state index in [1.807, 2.05) is 20.8 Å². The summed E-state index contributed by atoms with van der Waals surface area (Å²) in [7, 11) is 0. The minimum atomic E-state index is -0.187. The van der Waals surface area contributed by atoms with Gasteiger partial charge in [-0.25, -0.2) is 9.98 Å². The number of thiazole rings is 1. The Morgan fingerprint density at radius 1 is 1.26 bits per heavy atom. The molecule has 2 N–H and O–H groups in total. The minimum absolute atomic E-state index is 0. The van der Waals surface area contributed by atoms with Gasteiger partial charge in [0.2, 0.25) is 5.89 Å². The van der Waals surface area contributed by atoms with Crippen molar-refractivity contribution in [2.45, 2.75) is 59.7 Å². The van der Waals surface area contributed by atoms with Crippen molar-refractivity contribution in [3.05, 3.63) is 27.8 Å². The molecule has 0 saturated carbocycles. The maximum Gasteiger partial charge on any atom is 0.248 e. The Kier molecular flexibility index (Phi) is 10.8. The molecule has 27 heavy (non-hydrogen) atoms. The van der Waals surface area contributed by atoms with Crippen LogP contribution in [-0.4, -0.2) is 34.2 Å². The third-order valence-corrected chi connectivity index (χ3v) is 4.42. The molecule has 2 aromatic rings. The SMILES string of the molecule is CCNC(=NCc1nc(C(C)OCC)no1)NCc1nc(C(C)C)cs1.I. The standard InChI is InChI=1S/C17H28N6O2S.HI/c1-6-18-17(20-9-15-21-13(10-26-15)11(3)4)19-8-14-22-16(23-25-14)12(5)24-7-2;/h10-12H,6-9H2,1-5H3,(H2,18,19,20);1H. The molecule has 0 aliphatic heterocycles. The fourth-order valence-electron chi connectivity index (χ4n) is 2.14. The first-order valence-corrected chi connectivity index (χ1v) is 9.81. The first kappa shape index (κ1) is 23.8. The van der Waals surface area contributed by atoms with Gasteiger partial charge in [0.25, 0.3) is 0 Å². The van der Waals surface area contributed by atoms with Gasteiger partial charge in [0.05, 0.1) is 12.2 Å². The van der Waals surface area contributed by atoms with Gasteiger partial charge in [-0.3, -0.25) is 0 Å². The molecule has 1 atom stereocenters. The second-order valence-corrected chi connectivity index (χ2v) is 6.96. The van der Waals surface area contributed by atoms with Crippen LogP contribution in [-0.2, 0) is 17.8 Å². The summed E-state index contributed by atoms with van der Waals surface area (Å²) in [5, 5.41) is 13.6. The van der Waals surface area contributed by atoms with Crippen LogP contribution < -0.4 is 10.6 Å². The molecule has 2 rings (SSSR count). The summed E-state index contributed by atoms with van der Waals surface area (Å²) in [5.41, 5.74) is 1.12. The second-order valence-electron chi connectivity index (χ2n) is 6.01. The van der Waals surface area contributed by atoms with Crippen LogP contribution in [0.2, 0.25) is 0 Å². The van der Waals surface area contributed by atoms with Crippen LogP contribution in [0.3, 0.4) is 0 Å². The van der Waals surface area contributed by atoms with E-state index in [2.05, 4.69) is 50.0 Å². The lowest BCUT2D eigenvalue weighted by molar-refractivity contribution is 0.0683. The number of ether oxygens (including phenoxy) is 1. The van der Waals surface area contributed by atoms with Crippen molar-refractivity contribution >= 4 is 41.3 Å². The zero-order valence-electron chi connectivity index (χ0n) is 16.5. The highest BCUT2D eigenvalue weighted by Gasteiger charge is 2.13. The predicted molar refractivity (Wildman–Crippen MR) is 118 cm³/mol. The summed E-state index contributed by atoms with van der Waals surface area (Å²) in [6.45, 7) is 12.4. The van der Waals surface area contributed by atoms with Crippen LogP contribution in [0, 0.1) is 0 Å². The molecule has 0 amide bonds. The van der Waals surface area contributed by atoms with Crippen molar-refractivity contribution in [1.82, 2.24) is 25.8 Å². The van der Waals surface area contributed by atoms with Crippen LogP contribution in [0.25, 0.3) is 0 Å². The number of hydrogen-bond donors (Lipinski definition) is 2. The van der Waals surface area contributed by atoms with E-state index < -0.39 is 0 Å². The maximum absolute atomic E-state index is 5.46. The summed E-state index contributed by atoms with van der Waals surface area (Å²) < 4.78 is 10.7. The largest absolute Gasteiger partial charge is 0.371 e. The number of halogens is 1. The van der Waals surface area contributed by atoms with E-state index in [0.717, 1.165) is 17.2 Å². The van der Waals surface area contributed by atoms with E-state index in [-0.39, 0.29) is 30.1 Å². The highest BCUT2D eigenvalue weighted by Crippen LogP contribution is 2.17. The lowest BCUT2D eigenvalue weighted by atomic mass is 10.2. The third-order valence-electron chi connectivity index (χ3n) is 3.55. The summed E-state index contributed by atoms with van der Waals surface area (Å²) in [6.07, 6.45) is -0.187. The number of aliphatic imine (C=N–C) groups is 1. The molecule has 1 unspecified atom stereocenters. The molecule has 0 aliphatic carbocycles. The molecular formula is C17H29IN6O2S. The lowest BCUT2D eigenvalue weighted by Crippen LogP contribution is -2.36. The van der Waals surface area contributed by atoms with Crippen LogP contribution in [0.4, 0.5) is 0 Å². The van der Waals surface area contributed by atoms with Gasteiger partial charge in [0, 0.05) is 18.5 Å². The summed E-state index contributed by atoms with van der Waals surface area (Å²) >= 11 is 1.65. The first-order valence-electron chi connectivity index (χ1n) is 8.94. The van der Waals surface area contributed by atoms with E-state index >= 15 is 0 Å². The Hall–Kier alpha value is -1.27. The summed E-state index contributed by atoms with van der Waals surface area (Å²) in [5.74, 6) is 2.12. The average molecular weight is 508 g/mol. The van der Waals surface area contributed by atoms with E-state index in [4.69, 9.17) is 9.26 Å². The number of nitrogens with zero attached hydrogens (tertiary/aromatic N) is 4. The average Bonchev–Trinajstić information content (AvgIpc) is 3.27. The number of rotatable bonds is 9. The van der Waals surface area contributed by atoms with Crippen molar-refractivity contribution in [2.75, 3.05) is 13.2 Å². The van der Waals surface area contributed by atoms with Crippen molar-refractivity contribution < 1.29 is 9.26 Å². The third kappa shape index (κ3) is 7.70. The topological polar surface area (TPSA) is 97.5 Å². The highest BCUT2D eigenvalue weighted by molar-refractivity contribution is 14.0. The number of aromatic nitrogens is 3. The number of hydrogen-bond acceptors (Lipinski definition) is 7. The van der Waals surface area contributed by atoms with E-state index in [1.54, 1.807) is 11.3 Å². The van der Waals surface area contributed by atoms with E-state index in [1.165, 1.54) is 0 Å². The molecule has 2 heterocycles. The van der Waals surface area contributed by atoms with Crippen LogP contribution in [0.15, 0.2) is 14.9 Å². The zero-order valence-corrected chi connectivity index (χ0v) is 19.6. The maximum atomic E-state index is 5.46. The van der Waals surface area contributed by atoms with Crippen molar-refractivity contribution in [3.8, 4) is 0 Å². The number of guanidine groups is 1. The lowest BCUT2D eigenvalue weighted by Gasteiger charge is -2.09. The van der Waals surface area contributed by atoms with Gasteiger partial charge >= 0.3 is 0 Å². The molecule has 2 aromatic heterocycles. The van der Waals surface area contributed by atoms with Gasteiger partial charge in [-0.15, -0.1) is 35.3 Å². The van der Waals surface area contributed by atoms with Crippen molar-refractivity contribution in [2.24, 2.45) is 4.99 Å². The Morgan fingerprint density at radius 3 is 2.67 bits per heavy atom. The smallest absolute Gasteiger partial charge is 0.248 e. The van der Waals surface area contributed by atoms with Crippen LogP contribution in [0.5, 0.6) is 0 Å². The molecule has 10 heteroatoms. The quantitative estimate of drug-likeness (QED) is 0.303.